The van der Waals surface area contributed by atoms with Gasteiger partial charge in [-0.1, -0.05) is 53.9 Å². The Morgan fingerprint density at radius 3 is 2.21 bits per heavy atom. The van der Waals surface area contributed by atoms with Crippen molar-refractivity contribution in [2.24, 2.45) is 23.0 Å². The summed E-state index contributed by atoms with van der Waals surface area (Å²) >= 11 is 0. The summed E-state index contributed by atoms with van der Waals surface area (Å²) in [4.78, 5) is 14.4. The first kappa shape index (κ1) is 18.4. The van der Waals surface area contributed by atoms with Crippen LogP contribution < -0.4 is 5.73 Å². The molecule has 1 amide bonds. The maximum atomic E-state index is 12.5. The third-order valence-electron chi connectivity index (χ3n) is 4.03. The lowest BCUT2D eigenvalue weighted by Crippen LogP contribution is -2.44. The standard InChI is InChI=1S/C16H34N2O/c1-7-9-10-13(8-2)12-18(6)15(19)14(11-17)16(3,4)5/h13-14H,7-12,17H2,1-6H3. The molecule has 2 N–H and O–H groups in total. The van der Waals surface area contributed by atoms with Crippen LogP contribution in [-0.4, -0.2) is 30.9 Å². The molecule has 2 atom stereocenters. The normalized spacial score (nSPS) is 15.1. The molecule has 0 aliphatic carbocycles. The topological polar surface area (TPSA) is 46.3 Å². The van der Waals surface area contributed by atoms with Gasteiger partial charge in [-0.15, -0.1) is 0 Å². The summed E-state index contributed by atoms with van der Waals surface area (Å²) in [6, 6.07) is 0. The summed E-state index contributed by atoms with van der Waals surface area (Å²) in [6.45, 7) is 12.0. The van der Waals surface area contributed by atoms with Crippen LogP contribution in [0, 0.1) is 17.3 Å². The third-order valence-corrected chi connectivity index (χ3v) is 4.03. The highest BCUT2D eigenvalue weighted by Gasteiger charge is 2.32. The molecule has 0 aliphatic heterocycles. The second-order valence-electron chi connectivity index (χ2n) is 6.79. The molecule has 0 aromatic heterocycles. The summed E-state index contributed by atoms with van der Waals surface area (Å²) in [5, 5.41) is 0. The predicted molar refractivity (Wildman–Crippen MR) is 82.9 cm³/mol. The van der Waals surface area contributed by atoms with Gasteiger partial charge in [-0.05, 0) is 17.8 Å². The molecule has 0 saturated carbocycles. The first-order valence-electron chi connectivity index (χ1n) is 7.72. The minimum atomic E-state index is -0.0822. The van der Waals surface area contributed by atoms with Crippen LogP contribution in [0.15, 0.2) is 0 Å². The Hall–Kier alpha value is -0.570. The molecule has 2 unspecified atom stereocenters. The molecule has 3 heteroatoms. The number of rotatable bonds is 8. The van der Waals surface area contributed by atoms with Crippen molar-refractivity contribution in [3.63, 3.8) is 0 Å². The Morgan fingerprint density at radius 1 is 1.26 bits per heavy atom. The molecule has 0 aromatic rings. The monoisotopic (exact) mass is 270 g/mol. The van der Waals surface area contributed by atoms with E-state index < -0.39 is 0 Å². The van der Waals surface area contributed by atoms with Crippen molar-refractivity contribution in [3.8, 4) is 0 Å². The van der Waals surface area contributed by atoms with E-state index in [-0.39, 0.29) is 17.2 Å². The van der Waals surface area contributed by atoms with Crippen molar-refractivity contribution in [2.75, 3.05) is 20.1 Å². The maximum absolute atomic E-state index is 12.5. The van der Waals surface area contributed by atoms with Crippen LogP contribution in [0.5, 0.6) is 0 Å². The van der Waals surface area contributed by atoms with Gasteiger partial charge in [0, 0.05) is 20.1 Å². The lowest BCUT2D eigenvalue weighted by Gasteiger charge is -2.33. The average molecular weight is 270 g/mol. The molecule has 0 bridgehead atoms. The zero-order valence-electron chi connectivity index (χ0n) is 13.8. The van der Waals surface area contributed by atoms with Gasteiger partial charge in [0.1, 0.15) is 0 Å². The van der Waals surface area contributed by atoms with Crippen LogP contribution in [0.4, 0.5) is 0 Å². The SMILES string of the molecule is CCCCC(CC)CN(C)C(=O)C(CN)C(C)(C)C. The quantitative estimate of drug-likeness (QED) is 0.735. The van der Waals surface area contributed by atoms with Gasteiger partial charge >= 0.3 is 0 Å². The van der Waals surface area contributed by atoms with E-state index in [2.05, 4.69) is 34.6 Å². The van der Waals surface area contributed by atoms with E-state index in [1.165, 1.54) is 19.3 Å². The fourth-order valence-electron chi connectivity index (χ4n) is 2.49. The maximum Gasteiger partial charge on any atom is 0.227 e. The van der Waals surface area contributed by atoms with Gasteiger partial charge in [0.15, 0.2) is 0 Å². The summed E-state index contributed by atoms with van der Waals surface area (Å²) in [5.74, 6) is 0.735. The van der Waals surface area contributed by atoms with Gasteiger partial charge in [-0.3, -0.25) is 4.79 Å². The highest BCUT2D eigenvalue weighted by Crippen LogP contribution is 2.27. The average Bonchev–Trinajstić information content (AvgIpc) is 2.32. The van der Waals surface area contributed by atoms with Crippen molar-refractivity contribution in [1.82, 2.24) is 4.90 Å². The molecular weight excluding hydrogens is 236 g/mol. The molecule has 0 heterocycles. The van der Waals surface area contributed by atoms with Crippen molar-refractivity contribution < 1.29 is 4.79 Å². The number of carbonyl (C=O) groups is 1. The number of nitrogens with two attached hydrogens (primary N) is 1. The first-order valence-corrected chi connectivity index (χ1v) is 7.72. The molecule has 114 valence electrons. The second kappa shape index (κ2) is 8.57. The lowest BCUT2D eigenvalue weighted by molar-refractivity contribution is -0.137. The van der Waals surface area contributed by atoms with Gasteiger partial charge in [-0.25, -0.2) is 0 Å². The van der Waals surface area contributed by atoms with Crippen LogP contribution in [0.3, 0.4) is 0 Å². The molecule has 0 spiro atoms. The fraction of sp³-hybridized carbons (Fsp3) is 0.938. The molecule has 0 saturated heterocycles. The van der Waals surface area contributed by atoms with E-state index in [1.807, 2.05) is 11.9 Å². The van der Waals surface area contributed by atoms with Crippen LogP contribution in [0.1, 0.15) is 60.3 Å². The Morgan fingerprint density at radius 2 is 1.84 bits per heavy atom. The predicted octanol–water partition coefficient (Wildman–Crippen LogP) is 3.28. The third kappa shape index (κ3) is 6.42. The van der Waals surface area contributed by atoms with Crippen LogP contribution in [0.2, 0.25) is 0 Å². The molecular formula is C16H34N2O. The number of unbranched alkanes of at least 4 members (excludes halogenated alkanes) is 1. The molecule has 19 heavy (non-hydrogen) atoms. The van der Waals surface area contributed by atoms with Crippen molar-refractivity contribution in [2.45, 2.75) is 60.3 Å². The summed E-state index contributed by atoms with van der Waals surface area (Å²) in [7, 11) is 1.92. The molecule has 0 radical (unpaired) electrons. The zero-order chi connectivity index (χ0) is 15.1. The Labute approximate surface area is 119 Å². The molecule has 0 aliphatic rings. The highest BCUT2D eigenvalue weighted by atomic mass is 16.2. The van der Waals surface area contributed by atoms with E-state index in [0.717, 1.165) is 13.0 Å². The largest absolute Gasteiger partial charge is 0.345 e. The minimum Gasteiger partial charge on any atom is -0.345 e. The molecule has 3 nitrogen and oxygen atoms in total. The molecule has 0 fully saturated rings. The van der Waals surface area contributed by atoms with E-state index in [0.29, 0.717) is 12.5 Å². The summed E-state index contributed by atoms with van der Waals surface area (Å²) < 4.78 is 0. The van der Waals surface area contributed by atoms with Crippen molar-refractivity contribution in [3.05, 3.63) is 0 Å². The number of hydrogen-bond donors (Lipinski definition) is 1. The van der Waals surface area contributed by atoms with E-state index >= 15 is 0 Å². The van der Waals surface area contributed by atoms with E-state index in [4.69, 9.17) is 5.73 Å². The number of hydrogen-bond acceptors (Lipinski definition) is 2. The Kier molecular flexibility index (Phi) is 8.31. The van der Waals surface area contributed by atoms with Crippen molar-refractivity contribution >= 4 is 5.91 Å². The number of amides is 1. The number of nitrogens with zero attached hydrogens (tertiary/aromatic N) is 1. The van der Waals surface area contributed by atoms with Gasteiger partial charge < -0.3 is 10.6 Å². The van der Waals surface area contributed by atoms with E-state index in [9.17, 15) is 4.79 Å². The fourth-order valence-corrected chi connectivity index (χ4v) is 2.49. The van der Waals surface area contributed by atoms with E-state index in [1.54, 1.807) is 0 Å². The Bertz CT molecular complexity index is 258. The molecule has 0 aromatic carbocycles. The lowest BCUT2D eigenvalue weighted by atomic mass is 9.79. The summed E-state index contributed by atoms with van der Waals surface area (Å²) in [5.41, 5.74) is 5.73. The summed E-state index contributed by atoms with van der Waals surface area (Å²) in [6.07, 6.45) is 4.83. The number of carbonyl (C=O) groups excluding carboxylic acids is 1. The van der Waals surface area contributed by atoms with Gasteiger partial charge in [0.25, 0.3) is 0 Å². The smallest absolute Gasteiger partial charge is 0.227 e. The van der Waals surface area contributed by atoms with Crippen LogP contribution in [-0.2, 0) is 4.79 Å². The minimum absolute atomic E-state index is 0.0643. The second-order valence-corrected chi connectivity index (χ2v) is 6.79. The van der Waals surface area contributed by atoms with Crippen molar-refractivity contribution in [1.29, 1.82) is 0 Å². The van der Waals surface area contributed by atoms with Gasteiger partial charge in [0.2, 0.25) is 5.91 Å². The van der Waals surface area contributed by atoms with Crippen LogP contribution >= 0.6 is 0 Å². The van der Waals surface area contributed by atoms with Gasteiger partial charge in [0.05, 0.1) is 5.92 Å². The zero-order valence-corrected chi connectivity index (χ0v) is 13.8. The highest BCUT2D eigenvalue weighted by molar-refractivity contribution is 5.79. The first-order chi connectivity index (χ1) is 8.77. The van der Waals surface area contributed by atoms with Crippen LogP contribution in [0.25, 0.3) is 0 Å². The Balaban J connectivity index is 4.53. The molecule has 0 rings (SSSR count). The van der Waals surface area contributed by atoms with Gasteiger partial charge in [-0.2, -0.15) is 0 Å².